The summed E-state index contributed by atoms with van der Waals surface area (Å²) in [5.41, 5.74) is 4.86. The molecule has 4 rings (SSSR count). The summed E-state index contributed by atoms with van der Waals surface area (Å²) in [4.78, 5) is 15.3. The topological polar surface area (TPSA) is 50.2 Å². The molecule has 0 aliphatic carbocycles. The van der Waals surface area contributed by atoms with Gasteiger partial charge in [-0.25, -0.2) is 4.68 Å². The van der Waals surface area contributed by atoms with E-state index in [1.165, 1.54) is 24.0 Å². The van der Waals surface area contributed by atoms with E-state index in [-0.39, 0.29) is 11.9 Å². The number of amides is 1. The van der Waals surface area contributed by atoms with Gasteiger partial charge in [0.15, 0.2) is 5.69 Å². The van der Waals surface area contributed by atoms with Crippen LogP contribution in [0, 0.1) is 13.8 Å². The summed E-state index contributed by atoms with van der Waals surface area (Å²) >= 11 is 0. The lowest BCUT2D eigenvalue weighted by molar-refractivity contribution is 0.0932. The van der Waals surface area contributed by atoms with Crippen molar-refractivity contribution in [2.24, 2.45) is 0 Å². The van der Waals surface area contributed by atoms with Crippen LogP contribution >= 0.6 is 0 Å². The number of para-hydroxylation sites is 1. The lowest BCUT2D eigenvalue weighted by Gasteiger charge is -2.28. The Hall–Kier alpha value is -2.92. The van der Waals surface area contributed by atoms with E-state index in [2.05, 4.69) is 46.5 Å². The molecule has 2 heterocycles. The highest BCUT2D eigenvalue weighted by Gasteiger charge is 2.24. The largest absolute Gasteiger partial charge is 0.349 e. The number of likely N-dealkylation sites (tertiary alicyclic amines) is 1. The summed E-state index contributed by atoms with van der Waals surface area (Å²) in [6, 6.07) is 20.6. The van der Waals surface area contributed by atoms with Gasteiger partial charge in [-0.2, -0.15) is 5.10 Å². The normalized spacial score (nSPS) is 15.4. The Morgan fingerprint density at radius 2 is 1.72 bits per heavy atom. The van der Waals surface area contributed by atoms with Crippen LogP contribution < -0.4 is 5.32 Å². The summed E-state index contributed by atoms with van der Waals surface area (Å²) in [5.74, 6) is -0.126. The Morgan fingerprint density at radius 1 is 1.03 bits per heavy atom. The summed E-state index contributed by atoms with van der Waals surface area (Å²) in [5, 5.41) is 7.66. The molecule has 1 amide bonds. The number of nitrogens with one attached hydrogen (secondary N) is 1. The standard InChI is InChI=1S/C24H28N4O/c1-18-10-12-20(13-11-18)23(27-14-6-7-15-27)17-25-24(29)22-16-19(2)28(26-22)21-8-4-3-5-9-21/h3-5,8-13,16,23H,6-7,14-15,17H2,1-2H3,(H,25,29). The molecule has 3 aromatic rings. The molecule has 1 aliphatic heterocycles. The van der Waals surface area contributed by atoms with Gasteiger partial charge < -0.3 is 5.32 Å². The number of benzene rings is 2. The first-order valence-corrected chi connectivity index (χ1v) is 10.3. The number of carbonyl (C=O) groups excluding carboxylic acids is 1. The van der Waals surface area contributed by atoms with Gasteiger partial charge in [-0.1, -0.05) is 48.0 Å². The highest BCUT2D eigenvalue weighted by molar-refractivity contribution is 5.92. The summed E-state index contributed by atoms with van der Waals surface area (Å²) in [6.45, 7) is 6.81. The third kappa shape index (κ3) is 4.40. The third-order valence-corrected chi connectivity index (χ3v) is 5.62. The molecule has 29 heavy (non-hydrogen) atoms. The second-order valence-electron chi connectivity index (χ2n) is 7.80. The van der Waals surface area contributed by atoms with Crippen LogP contribution in [-0.2, 0) is 0 Å². The SMILES string of the molecule is Cc1ccc(C(CNC(=O)c2cc(C)n(-c3ccccc3)n2)N2CCCC2)cc1. The Labute approximate surface area is 172 Å². The van der Waals surface area contributed by atoms with Gasteiger partial charge >= 0.3 is 0 Å². The van der Waals surface area contributed by atoms with Crippen LogP contribution in [0.5, 0.6) is 0 Å². The number of rotatable bonds is 6. The minimum atomic E-state index is -0.126. The van der Waals surface area contributed by atoms with Crippen molar-refractivity contribution in [1.82, 2.24) is 20.0 Å². The van der Waals surface area contributed by atoms with E-state index in [1.54, 1.807) is 0 Å². The van der Waals surface area contributed by atoms with Crippen LogP contribution in [-0.4, -0.2) is 40.2 Å². The Kier molecular flexibility index (Phi) is 5.76. The smallest absolute Gasteiger partial charge is 0.271 e. The Balaban J connectivity index is 1.49. The van der Waals surface area contributed by atoms with E-state index >= 15 is 0 Å². The highest BCUT2D eigenvalue weighted by atomic mass is 16.1. The van der Waals surface area contributed by atoms with Gasteiger partial charge in [-0.05, 0) is 63.5 Å². The Morgan fingerprint density at radius 3 is 2.41 bits per heavy atom. The van der Waals surface area contributed by atoms with E-state index in [9.17, 15) is 4.79 Å². The number of hydrogen-bond donors (Lipinski definition) is 1. The maximum atomic E-state index is 12.8. The molecule has 0 bridgehead atoms. The summed E-state index contributed by atoms with van der Waals surface area (Å²) in [6.07, 6.45) is 2.44. The van der Waals surface area contributed by atoms with Crippen LogP contribution in [0.15, 0.2) is 60.7 Å². The zero-order chi connectivity index (χ0) is 20.2. The van der Waals surface area contributed by atoms with Crippen LogP contribution in [0.1, 0.15) is 46.2 Å². The van der Waals surface area contributed by atoms with E-state index < -0.39 is 0 Å². The highest BCUT2D eigenvalue weighted by Crippen LogP contribution is 2.25. The van der Waals surface area contributed by atoms with Crippen molar-refractivity contribution in [3.63, 3.8) is 0 Å². The molecule has 5 heteroatoms. The van der Waals surface area contributed by atoms with Crippen LogP contribution in [0.4, 0.5) is 0 Å². The van der Waals surface area contributed by atoms with E-state index in [4.69, 9.17) is 0 Å². The maximum Gasteiger partial charge on any atom is 0.271 e. The molecule has 0 spiro atoms. The number of hydrogen-bond acceptors (Lipinski definition) is 3. The number of aryl methyl sites for hydroxylation is 2. The average molecular weight is 389 g/mol. The molecule has 0 radical (unpaired) electrons. The van der Waals surface area contributed by atoms with Crippen molar-refractivity contribution in [2.45, 2.75) is 32.7 Å². The number of nitrogens with zero attached hydrogens (tertiary/aromatic N) is 3. The van der Waals surface area contributed by atoms with E-state index in [1.807, 2.05) is 48.0 Å². The molecule has 2 aromatic carbocycles. The quantitative estimate of drug-likeness (QED) is 0.693. The zero-order valence-corrected chi connectivity index (χ0v) is 17.1. The van der Waals surface area contributed by atoms with Crippen LogP contribution in [0.25, 0.3) is 5.69 Å². The lowest BCUT2D eigenvalue weighted by Crippen LogP contribution is -2.37. The van der Waals surface area contributed by atoms with Gasteiger partial charge in [0.2, 0.25) is 0 Å². The first-order chi connectivity index (χ1) is 14.1. The lowest BCUT2D eigenvalue weighted by atomic mass is 10.0. The molecule has 5 nitrogen and oxygen atoms in total. The van der Waals surface area contributed by atoms with E-state index in [0.29, 0.717) is 12.2 Å². The van der Waals surface area contributed by atoms with Gasteiger partial charge in [0, 0.05) is 12.2 Å². The summed E-state index contributed by atoms with van der Waals surface area (Å²) in [7, 11) is 0. The molecule has 1 fully saturated rings. The zero-order valence-electron chi connectivity index (χ0n) is 17.1. The van der Waals surface area contributed by atoms with Crippen LogP contribution in [0.2, 0.25) is 0 Å². The molecule has 1 aromatic heterocycles. The fourth-order valence-corrected chi connectivity index (χ4v) is 4.00. The first kappa shape index (κ1) is 19.4. The van der Waals surface area contributed by atoms with Gasteiger partial charge in [-0.3, -0.25) is 9.69 Å². The predicted molar refractivity (Wildman–Crippen MR) is 115 cm³/mol. The molecule has 1 atom stereocenters. The van der Waals surface area contributed by atoms with Gasteiger partial charge in [0.1, 0.15) is 0 Å². The Bertz CT molecular complexity index is 956. The number of carbonyl (C=O) groups is 1. The van der Waals surface area contributed by atoms with Crippen molar-refractivity contribution >= 4 is 5.91 Å². The van der Waals surface area contributed by atoms with Crippen LogP contribution in [0.3, 0.4) is 0 Å². The molecular formula is C24H28N4O. The fraction of sp³-hybridized carbons (Fsp3) is 0.333. The monoisotopic (exact) mass is 388 g/mol. The third-order valence-electron chi connectivity index (χ3n) is 5.62. The summed E-state index contributed by atoms with van der Waals surface area (Å²) < 4.78 is 1.81. The average Bonchev–Trinajstić information content (AvgIpc) is 3.40. The molecular weight excluding hydrogens is 360 g/mol. The molecule has 1 saturated heterocycles. The van der Waals surface area contributed by atoms with Crippen molar-refractivity contribution in [3.05, 3.63) is 83.2 Å². The molecule has 1 aliphatic rings. The minimum absolute atomic E-state index is 0.126. The predicted octanol–water partition coefficient (Wildman–Crippen LogP) is 4.06. The molecule has 150 valence electrons. The first-order valence-electron chi connectivity index (χ1n) is 10.3. The second kappa shape index (κ2) is 8.62. The minimum Gasteiger partial charge on any atom is -0.349 e. The van der Waals surface area contributed by atoms with Gasteiger partial charge in [0.05, 0.1) is 11.7 Å². The van der Waals surface area contributed by atoms with Gasteiger partial charge in [-0.15, -0.1) is 0 Å². The van der Waals surface area contributed by atoms with Crippen molar-refractivity contribution in [2.75, 3.05) is 19.6 Å². The maximum absolute atomic E-state index is 12.8. The van der Waals surface area contributed by atoms with E-state index in [0.717, 1.165) is 24.5 Å². The van der Waals surface area contributed by atoms with Crippen molar-refractivity contribution in [1.29, 1.82) is 0 Å². The van der Waals surface area contributed by atoms with Crippen molar-refractivity contribution < 1.29 is 4.79 Å². The molecule has 1 unspecified atom stereocenters. The van der Waals surface area contributed by atoms with Crippen molar-refractivity contribution in [3.8, 4) is 5.69 Å². The van der Waals surface area contributed by atoms with Gasteiger partial charge in [0.25, 0.3) is 5.91 Å². The molecule has 0 saturated carbocycles. The fourth-order valence-electron chi connectivity index (χ4n) is 4.00. The number of aromatic nitrogens is 2. The molecule has 1 N–H and O–H groups in total. The second-order valence-corrected chi connectivity index (χ2v) is 7.80.